The Morgan fingerprint density at radius 3 is 2.83 bits per heavy atom. The molecule has 0 radical (unpaired) electrons. The highest BCUT2D eigenvalue weighted by Crippen LogP contribution is 2.43. The van der Waals surface area contributed by atoms with Crippen molar-refractivity contribution < 1.29 is 0 Å². The number of aromatic nitrogens is 1. The molecule has 0 bridgehead atoms. The molecule has 3 rings (SSSR count). The van der Waals surface area contributed by atoms with Gasteiger partial charge in [-0.15, -0.1) is 11.3 Å². The average Bonchev–Trinajstić information content (AvgIpc) is 2.69. The highest BCUT2D eigenvalue weighted by molar-refractivity contribution is 7.12. The Hall–Kier alpha value is -1.35. The van der Waals surface area contributed by atoms with Gasteiger partial charge in [0.25, 0.3) is 0 Å². The maximum absolute atomic E-state index is 4.72. The summed E-state index contributed by atoms with van der Waals surface area (Å²) in [6.07, 6.45) is 0. The third-order valence-corrected chi connectivity index (χ3v) is 4.47. The van der Waals surface area contributed by atoms with Crippen LogP contribution < -0.4 is 4.90 Å². The zero-order valence-corrected chi connectivity index (χ0v) is 12.1. The van der Waals surface area contributed by atoms with E-state index in [-0.39, 0.29) is 0 Å². The first kappa shape index (κ1) is 11.7. The molecular weight excluding hydrogens is 240 g/mol. The molecular formula is C15H18N2S. The molecule has 0 saturated carbocycles. The van der Waals surface area contributed by atoms with E-state index < -0.39 is 0 Å². The van der Waals surface area contributed by atoms with Crippen LogP contribution >= 0.6 is 11.3 Å². The summed E-state index contributed by atoms with van der Waals surface area (Å²) < 4.78 is 0. The van der Waals surface area contributed by atoms with Crippen LogP contribution in [0.1, 0.15) is 35.2 Å². The smallest absolute Gasteiger partial charge is 0.0905 e. The number of rotatable bonds is 1. The molecule has 2 heterocycles. The van der Waals surface area contributed by atoms with Crippen molar-refractivity contribution in [3.05, 3.63) is 33.6 Å². The van der Waals surface area contributed by atoms with Crippen molar-refractivity contribution in [2.24, 2.45) is 0 Å². The third-order valence-electron chi connectivity index (χ3n) is 3.51. The van der Waals surface area contributed by atoms with Gasteiger partial charge in [0.05, 0.1) is 22.1 Å². The van der Waals surface area contributed by atoms with Crippen LogP contribution in [-0.4, -0.2) is 12.0 Å². The summed E-state index contributed by atoms with van der Waals surface area (Å²) in [5.74, 6) is 0.545. The van der Waals surface area contributed by atoms with Gasteiger partial charge in [-0.1, -0.05) is 32.0 Å². The Morgan fingerprint density at radius 2 is 2.11 bits per heavy atom. The number of anilines is 1. The molecule has 2 aromatic rings. The molecule has 3 heteroatoms. The Morgan fingerprint density at radius 1 is 1.33 bits per heavy atom. The van der Waals surface area contributed by atoms with Gasteiger partial charge in [-0.05, 0) is 18.4 Å². The fourth-order valence-corrected chi connectivity index (χ4v) is 3.73. The van der Waals surface area contributed by atoms with Crippen molar-refractivity contribution in [2.75, 3.05) is 11.9 Å². The van der Waals surface area contributed by atoms with Crippen molar-refractivity contribution in [2.45, 2.75) is 33.2 Å². The van der Waals surface area contributed by atoms with Gasteiger partial charge in [0, 0.05) is 18.3 Å². The molecule has 0 fully saturated rings. The maximum Gasteiger partial charge on any atom is 0.0905 e. The largest absolute Gasteiger partial charge is 0.369 e. The van der Waals surface area contributed by atoms with Gasteiger partial charge in [0.15, 0.2) is 0 Å². The van der Waals surface area contributed by atoms with Crippen LogP contribution in [0, 0.1) is 6.92 Å². The van der Waals surface area contributed by atoms with Crippen LogP contribution in [0.4, 0.5) is 5.69 Å². The van der Waals surface area contributed by atoms with E-state index >= 15 is 0 Å². The van der Waals surface area contributed by atoms with E-state index in [1.807, 2.05) is 11.3 Å². The average molecular weight is 258 g/mol. The molecule has 1 aliphatic rings. The summed E-state index contributed by atoms with van der Waals surface area (Å²) in [6.45, 7) is 7.59. The fraction of sp³-hybridized carbons (Fsp3) is 0.400. The molecule has 0 unspecified atom stereocenters. The molecule has 1 aromatic carbocycles. The summed E-state index contributed by atoms with van der Waals surface area (Å²) in [6, 6.07) is 6.60. The quantitative estimate of drug-likeness (QED) is 0.762. The molecule has 0 aliphatic carbocycles. The normalized spacial score (nSPS) is 13.7. The van der Waals surface area contributed by atoms with E-state index in [0.717, 1.165) is 11.6 Å². The van der Waals surface area contributed by atoms with Gasteiger partial charge in [-0.3, -0.25) is 0 Å². The molecule has 18 heavy (non-hydrogen) atoms. The summed E-state index contributed by atoms with van der Waals surface area (Å²) in [5, 5.41) is 1.16. The zero-order chi connectivity index (χ0) is 12.9. The second-order valence-corrected chi connectivity index (χ2v) is 6.55. The number of hydrogen-bond donors (Lipinski definition) is 0. The first-order valence-corrected chi connectivity index (χ1v) is 7.20. The van der Waals surface area contributed by atoms with Gasteiger partial charge >= 0.3 is 0 Å². The van der Waals surface area contributed by atoms with Crippen LogP contribution in [0.15, 0.2) is 18.2 Å². The number of para-hydroxylation sites is 1. The molecule has 1 aromatic heterocycles. The predicted octanol–water partition coefficient (Wildman–Crippen LogP) is 4.19. The van der Waals surface area contributed by atoms with Gasteiger partial charge in [-0.25, -0.2) is 4.98 Å². The summed E-state index contributed by atoms with van der Waals surface area (Å²) in [5.41, 5.74) is 5.29. The van der Waals surface area contributed by atoms with Crippen LogP contribution in [0.5, 0.6) is 0 Å². The summed E-state index contributed by atoms with van der Waals surface area (Å²) in [7, 11) is 2.18. The van der Waals surface area contributed by atoms with E-state index in [4.69, 9.17) is 4.98 Å². The second kappa shape index (κ2) is 4.09. The number of nitrogens with zero attached hydrogens (tertiary/aromatic N) is 2. The highest BCUT2D eigenvalue weighted by atomic mass is 32.1. The van der Waals surface area contributed by atoms with Gasteiger partial charge in [-0.2, -0.15) is 0 Å². The van der Waals surface area contributed by atoms with E-state index in [2.05, 4.69) is 50.9 Å². The van der Waals surface area contributed by atoms with E-state index in [0.29, 0.717) is 5.92 Å². The number of aryl methyl sites for hydroxylation is 1. The molecule has 2 nitrogen and oxygen atoms in total. The second-order valence-electron chi connectivity index (χ2n) is 5.26. The Labute approximate surface area is 112 Å². The van der Waals surface area contributed by atoms with Crippen molar-refractivity contribution in [1.29, 1.82) is 0 Å². The molecule has 1 aliphatic heterocycles. The van der Waals surface area contributed by atoms with Crippen molar-refractivity contribution in [3.8, 4) is 11.3 Å². The number of fused-ring (bicyclic) bond motifs is 3. The van der Waals surface area contributed by atoms with E-state index in [1.54, 1.807) is 0 Å². The van der Waals surface area contributed by atoms with Crippen LogP contribution in [0.3, 0.4) is 0 Å². The molecule has 0 N–H and O–H groups in total. The van der Waals surface area contributed by atoms with Crippen LogP contribution in [-0.2, 0) is 6.54 Å². The number of benzene rings is 1. The number of hydrogen-bond acceptors (Lipinski definition) is 3. The zero-order valence-electron chi connectivity index (χ0n) is 11.3. The molecule has 94 valence electrons. The Kier molecular flexibility index (Phi) is 2.67. The number of thiazole rings is 1. The lowest BCUT2D eigenvalue weighted by molar-refractivity contribution is 0.835. The molecule has 0 atom stereocenters. The topological polar surface area (TPSA) is 16.1 Å². The van der Waals surface area contributed by atoms with Crippen molar-refractivity contribution >= 4 is 17.0 Å². The minimum Gasteiger partial charge on any atom is -0.369 e. The first-order chi connectivity index (χ1) is 8.58. The van der Waals surface area contributed by atoms with Crippen molar-refractivity contribution in [1.82, 2.24) is 4.98 Å². The van der Waals surface area contributed by atoms with Gasteiger partial charge < -0.3 is 4.90 Å². The first-order valence-electron chi connectivity index (χ1n) is 6.38. The lowest BCUT2D eigenvalue weighted by Gasteiger charge is -2.30. The van der Waals surface area contributed by atoms with Crippen LogP contribution in [0.25, 0.3) is 11.3 Å². The minimum atomic E-state index is 0.545. The SMILES string of the molecule is Cc1nc2c(s1)CN(C)c1c-2cccc1C(C)C. The van der Waals surface area contributed by atoms with Crippen LogP contribution in [0.2, 0.25) is 0 Å². The van der Waals surface area contributed by atoms with Crippen molar-refractivity contribution in [3.63, 3.8) is 0 Å². The minimum absolute atomic E-state index is 0.545. The summed E-state index contributed by atoms with van der Waals surface area (Å²) in [4.78, 5) is 8.48. The Bertz CT molecular complexity index is 599. The Balaban J connectivity index is 2.28. The van der Waals surface area contributed by atoms with Gasteiger partial charge in [0.2, 0.25) is 0 Å². The maximum atomic E-state index is 4.72. The summed E-state index contributed by atoms with van der Waals surface area (Å²) >= 11 is 1.82. The van der Waals surface area contributed by atoms with Gasteiger partial charge in [0.1, 0.15) is 0 Å². The predicted molar refractivity (Wildman–Crippen MR) is 78.5 cm³/mol. The molecule has 0 saturated heterocycles. The molecule has 0 amide bonds. The lowest BCUT2D eigenvalue weighted by atomic mass is 9.93. The monoisotopic (exact) mass is 258 g/mol. The van der Waals surface area contributed by atoms with E-state index in [9.17, 15) is 0 Å². The third kappa shape index (κ3) is 1.65. The fourth-order valence-electron chi connectivity index (χ4n) is 2.73. The highest BCUT2D eigenvalue weighted by Gasteiger charge is 2.25. The molecule has 0 spiro atoms. The standard InChI is InChI=1S/C15H18N2S/c1-9(2)11-6-5-7-12-14-13(18-10(3)16-14)8-17(4)15(11)12/h5-7,9H,8H2,1-4H3. The van der Waals surface area contributed by atoms with E-state index in [1.165, 1.54) is 27.4 Å². The lowest BCUT2D eigenvalue weighted by Crippen LogP contribution is -2.22.